The normalized spacial score (nSPS) is 9.89. The molecule has 0 atom stereocenters. The Bertz CT molecular complexity index is 398. The molecule has 4 nitrogen and oxygen atoms in total. The molecule has 0 aliphatic rings. The first kappa shape index (κ1) is 14.2. The zero-order valence-corrected chi connectivity index (χ0v) is 10.9. The fourth-order valence-corrected chi connectivity index (χ4v) is 1.54. The van der Waals surface area contributed by atoms with Gasteiger partial charge in [-0.05, 0) is 31.5 Å². The van der Waals surface area contributed by atoms with Crippen LogP contribution in [0.1, 0.15) is 25.8 Å². The van der Waals surface area contributed by atoms with Gasteiger partial charge in [-0.2, -0.15) is 0 Å². The molecule has 0 aliphatic carbocycles. The Labute approximate surface area is 107 Å². The van der Waals surface area contributed by atoms with Crippen LogP contribution in [-0.4, -0.2) is 24.8 Å². The van der Waals surface area contributed by atoms with Crippen molar-refractivity contribution in [3.63, 3.8) is 0 Å². The summed E-state index contributed by atoms with van der Waals surface area (Å²) in [7, 11) is 0. The molecule has 0 bridgehead atoms. The van der Waals surface area contributed by atoms with Crippen molar-refractivity contribution < 1.29 is 14.3 Å². The number of amides is 1. The first-order valence-electron chi connectivity index (χ1n) is 6.09. The van der Waals surface area contributed by atoms with Crippen LogP contribution in [0.2, 0.25) is 0 Å². The van der Waals surface area contributed by atoms with Gasteiger partial charge < -0.3 is 10.1 Å². The van der Waals surface area contributed by atoms with Gasteiger partial charge in [-0.3, -0.25) is 9.59 Å². The van der Waals surface area contributed by atoms with Crippen molar-refractivity contribution in [2.45, 2.75) is 26.7 Å². The van der Waals surface area contributed by atoms with Gasteiger partial charge in [0.2, 0.25) is 5.91 Å². The van der Waals surface area contributed by atoms with E-state index >= 15 is 0 Å². The quantitative estimate of drug-likeness (QED) is 0.800. The highest BCUT2D eigenvalue weighted by Gasteiger charge is 2.01. The molecule has 0 aliphatic heterocycles. The predicted octanol–water partition coefficient (Wildman–Crippen LogP) is 1.72. The maximum atomic E-state index is 11.2. The summed E-state index contributed by atoms with van der Waals surface area (Å²) in [5.74, 6) is 0.845. The van der Waals surface area contributed by atoms with Gasteiger partial charge in [0.05, 0.1) is 13.0 Å². The summed E-state index contributed by atoms with van der Waals surface area (Å²) in [5.41, 5.74) is 0.971. The summed E-state index contributed by atoms with van der Waals surface area (Å²) in [6, 6.07) is 7.36. The van der Waals surface area contributed by atoms with Gasteiger partial charge in [-0.25, -0.2) is 0 Å². The molecular formula is C14H19NO3. The van der Waals surface area contributed by atoms with Crippen molar-refractivity contribution in [2.24, 2.45) is 0 Å². The van der Waals surface area contributed by atoms with Crippen LogP contribution in [0.4, 0.5) is 0 Å². The Morgan fingerprint density at radius 1 is 1.22 bits per heavy atom. The Kier molecular flexibility index (Phi) is 5.91. The third kappa shape index (κ3) is 5.48. The number of nitrogens with one attached hydrogen (secondary N) is 1. The predicted molar refractivity (Wildman–Crippen MR) is 69.6 cm³/mol. The topological polar surface area (TPSA) is 55.4 Å². The summed E-state index contributed by atoms with van der Waals surface area (Å²) < 4.78 is 5.44. The number of Topliss-reactive ketones (excluding diaryl/α,β-unsaturated/α-hetero) is 1. The Hall–Kier alpha value is -1.84. The van der Waals surface area contributed by atoms with Crippen molar-refractivity contribution in [3.8, 4) is 5.75 Å². The van der Waals surface area contributed by atoms with Crippen LogP contribution in [0.3, 0.4) is 0 Å². The summed E-state index contributed by atoms with van der Waals surface area (Å²) in [4.78, 5) is 22.1. The van der Waals surface area contributed by atoms with Crippen molar-refractivity contribution in [3.05, 3.63) is 29.8 Å². The van der Waals surface area contributed by atoms with Crippen molar-refractivity contribution >= 4 is 11.7 Å². The number of benzene rings is 1. The van der Waals surface area contributed by atoms with Gasteiger partial charge in [0.15, 0.2) is 0 Å². The number of ketones is 1. The standard InChI is InChI=1S/C14H19NO3/c1-3-15-14(17)8-9-18-13-6-4-12(5-7-13)10-11(2)16/h4-7H,3,8-10H2,1-2H3,(H,15,17). The van der Waals surface area contributed by atoms with Crippen molar-refractivity contribution in [1.82, 2.24) is 5.32 Å². The van der Waals surface area contributed by atoms with E-state index in [4.69, 9.17) is 4.74 Å². The molecular weight excluding hydrogens is 230 g/mol. The molecule has 4 heteroatoms. The van der Waals surface area contributed by atoms with Gasteiger partial charge in [-0.15, -0.1) is 0 Å². The molecule has 0 aromatic heterocycles. The third-order valence-corrected chi connectivity index (χ3v) is 2.35. The number of carbonyl (C=O) groups is 2. The van der Waals surface area contributed by atoms with Gasteiger partial charge in [0.25, 0.3) is 0 Å². The average molecular weight is 249 g/mol. The summed E-state index contributed by atoms with van der Waals surface area (Å²) in [5, 5.41) is 2.71. The van der Waals surface area contributed by atoms with Crippen LogP contribution in [0.15, 0.2) is 24.3 Å². The van der Waals surface area contributed by atoms with E-state index in [0.29, 0.717) is 31.7 Å². The van der Waals surface area contributed by atoms with E-state index in [1.54, 1.807) is 6.92 Å². The summed E-state index contributed by atoms with van der Waals surface area (Å²) in [6.45, 7) is 4.44. The van der Waals surface area contributed by atoms with E-state index in [2.05, 4.69) is 5.32 Å². The van der Waals surface area contributed by atoms with Crippen LogP contribution < -0.4 is 10.1 Å². The SMILES string of the molecule is CCNC(=O)CCOc1ccc(CC(C)=O)cc1. The number of hydrogen-bond donors (Lipinski definition) is 1. The number of carbonyl (C=O) groups excluding carboxylic acids is 2. The fraction of sp³-hybridized carbons (Fsp3) is 0.429. The van der Waals surface area contributed by atoms with Crippen LogP contribution in [-0.2, 0) is 16.0 Å². The first-order valence-corrected chi connectivity index (χ1v) is 6.09. The van der Waals surface area contributed by atoms with Gasteiger partial charge >= 0.3 is 0 Å². The van der Waals surface area contributed by atoms with Crippen molar-refractivity contribution in [1.29, 1.82) is 0 Å². The molecule has 0 radical (unpaired) electrons. The van der Waals surface area contributed by atoms with E-state index in [1.807, 2.05) is 31.2 Å². The maximum absolute atomic E-state index is 11.2. The first-order chi connectivity index (χ1) is 8.61. The highest BCUT2D eigenvalue weighted by molar-refractivity contribution is 5.78. The molecule has 0 unspecified atom stereocenters. The van der Waals surface area contributed by atoms with Gasteiger partial charge in [0.1, 0.15) is 11.5 Å². The molecule has 1 aromatic carbocycles. The zero-order chi connectivity index (χ0) is 13.4. The molecule has 0 heterocycles. The van der Waals surface area contributed by atoms with Crippen molar-refractivity contribution in [2.75, 3.05) is 13.2 Å². The highest BCUT2D eigenvalue weighted by atomic mass is 16.5. The fourth-order valence-electron chi connectivity index (χ4n) is 1.54. The second-order valence-corrected chi connectivity index (χ2v) is 4.07. The molecule has 1 aromatic rings. The van der Waals surface area contributed by atoms with Crippen LogP contribution >= 0.6 is 0 Å². The van der Waals surface area contributed by atoms with E-state index in [0.717, 1.165) is 5.56 Å². The lowest BCUT2D eigenvalue weighted by Crippen LogP contribution is -2.24. The Morgan fingerprint density at radius 2 is 1.89 bits per heavy atom. The summed E-state index contributed by atoms with van der Waals surface area (Å²) >= 11 is 0. The number of ether oxygens (including phenoxy) is 1. The van der Waals surface area contributed by atoms with Crippen LogP contribution in [0.5, 0.6) is 5.75 Å². The van der Waals surface area contributed by atoms with E-state index < -0.39 is 0 Å². The molecule has 0 fully saturated rings. The third-order valence-electron chi connectivity index (χ3n) is 2.35. The molecule has 1 N–H and O–H groups in total. The lowest BCUT2D eigenvalue weighted by Gasteiger charge is -2.06. The van der Waals surface area contributed by atoms with Crippen LogP contribution in [0.25, 0.3) is 0 Å². The Balaban J connectivity index is 2.35. The smallest absolute Gasteiger partial charge is 0.223 e. The number of hydrogen-bond acceptors (Lipinski definition) is 3. The monoisotopic (exact) mass is 249 g/mol. The lowest BCUT2D eigenvalue weighted by molar-refractivity contribution is -0.121. The molecule has 0 spiro atoms. The Morgan fingerprint density at radius 3 is 2.44 bits per heavy atom. The van der Waals surface area contributed by atoms with E-state index in [9.17, 15) is 9.59 Å². The number of rotatable bonds is 7. The second-order valence-electron chi connectivity index (χ2n) is 4.07. The largest absolute Gasteiger partial charge is 0.493 e. The second kappa shape index (κ2) is 7.48. The van der Waals surface area contributed by atoms with E-state index in [-0.39, 0.29) is 11.7 Å². The zero-order valence-electron chi connectivity index (χ0n) is 10.9. The minimum Gasteiger partial charge on any atom is -0.493 e. The summed E-state index contributed by atoms with van der Waals surface area (Å²) in [6.07, 6.45) is 0.794. The van der Waals surface area contributed by atoms with Crippen LogP contribution in [0, 0.1) is 0 Å². The van der Waals surface area contributed by atoms with Gasteiger partial charge in [-0.1, -0.05) is 12.1 Å². The molecule has 0 saturated carbocycles. The molecule has 1 amide bonds. The molecule has 0 saturated heterocycles. The molecule has 1 rings (SSSR count). The highest BCUT2D eigenvalue weighted by Crippen LogP contribution is 2.12. The van der Waals surface area contributed by atoms with Gasteiger partial charge in [0, 0.05) is 13.0 Å². The molecule has 98 valence electrons. The average Bonchev–Trinajstić information content (AvgIpc) is 2.31. The lowest BCUT2D eigenvalue weighted by atomic mass is 10.1. The van der Waals surface area contributed by atoms with E-state index in [1.165, 1.54) is 0 Å². The maximum Gasteiger partial charge on any atom is 0.223 e. The minimum atomic E-state index is -0.00861. The minimum absolute atomic E-state index is 0.00861. The molecule has 18 heavy (non-hydrogen) atoms.